The van der Waals surface area contributed by atoms with E-state index in [9.17, 15) is 4.79 Å². The van der Waals surface area contributed by atoms with E-state index in [4.69, 9.17) is 15.2 Å². The van der Waals surface area contributed by atoms with Crippen LogP contribution in [0.1, 0.15) is 38.8 Å². The minimum Gasteiger partial charge on any atom is -0.493 e. The van der Waals surface area contributed by atoms with E-state index < -0.39 is 11.7 Å². The third-order valence-corrected chi connectivity index (χ3v) is 2.76. The topological polar surface area (TPSA) is 73.6 Å². The van der Waals surface area contributed by atoms with Crippen molar-refractivity contribution in [2.24, 2.45) is 0 Å². The van der Waals surface area contributed by atoms with Gasteiger partial charge >= 0.3 is 6.09 Å². The van der Waals surface area contributed by atoms with Gasteiger partial charge in [0, 0.05) is 17.7 Å². The van der Waals surface area contributed by atoms with Crippen molar-refractivity contribution in [2.45, 2.75) is 38.8 Å². The molecular formula is C14H20N2O3. The Morgan fingerprint density at radius 1 is 1.47 bits per heavy atom. The van der Waals surface area contributed by atoms with Gasteiger partial charge in [-0.3, -0.25) is 0 Å². The highest BCUT2D eigenvalue weighted by Gasteiger charge is 2.25. The minimum atomic E-state index is -0.506. The molecule has 1 aromatic rings. The fourth-order valence-electron chi connectivity index (χ4n) is 2.01. The maximum atomic E-state index is 11.8. The second-order valence-electron chi connectivity index (χ2n) is 5.63. The molecule has 1 atom stereocenters. The second-order valence-corrected chi connectivity index (χ2v) is 5.63. The number of hydrogen-bond acceptors (Lipinski definition) is 4. The molecule has 1 aromatic carbocycles. The number of rotatable bonds is 1. The number of nitrogen functional groups attached to an aromatic ring is 1. The molecule has 0 spiro atoms. The van der Waals surface area contributed by atoms with E-state index in [2.05, 4.69) is 5.32 Å². The molecule has 1 heterocycles. The Labute approximate surface area is 113 Å². The highest BCUT2D eigenvalue weighted by molar-refractivity contribution is 5.69. The smallest absolute Gasteiger partial charge is 0.408 e. The summed E-state index contributed by atoms with van der Waals surface area (Å²) in [7, 11) is 0. The number of carbonyl (C=O) groups is 1. The van der Waals surface area contributed by atoms with E-state index >= 15 is 0 Å². The zero-order chi connectivity index (χ0) is 14.0. The largest absolute Gasteiger partial charge is 0.493 e. The quantitative estimate of drug-likeness (QED) is 0.765. The highest BCUT2D eigenvalue weighted by Crippen LogP contribution is 2.33. The van der Waals surface area contributed by atoms with Crippen LogP contribution >= 0.6 is 0 Å². The summed E-state index contributed by atoms with van der Waals surface area (Å²) in [5.74, 6) is 0.765. The van der Waals surface area contributed by atoms with Gasteiger partial charge < -0.3 is 20.5 Å². The van der Waals surface area contributed by atoms with Crippen LogP contribution in [0, 0.1) is 0 Å². The Bertz CT molecular complexity index is 480. The first-order chi connectivity index (χ1) is 8.85. The van der Waals surface area contributed by atoms with Gasteiger partial charge in [0.25, 0.3) is 0 Å². The fourth-order valence-corrected chi connectivity index (χ4v) is 2.01. The van der Waals surface area contributed by atoms with E-state index in [0.717, 1.165) is 11.3 Å². The molecule has 2 rings (SSSR count). The normalized spacial score (nSPS) is 18.2. The van der Waals surface area contributed by atoms with Gasteiger partial charge in [0.2, 0.25) is 0 Å². The predicted octanol–water partition coefficient (Wildman–Crippen LogP) is 2.62. The summed E-state index contributed by atoms with van der Waals surface area (Å²) in [5.41, 5.74) is 6.82. The molecule has 1 aliphatic rings. The number of benzene rings is 1. The molecule has 0 radical (unpaired) electrons. The lowest BCUT2D eigenvalue weighted by molar-refractivity contribution is 0.0491. The lowest BCUT2D eigenvalue weighted by Crippen LogP contribution is -2.36. The Morgan fingerprint density at radius 3 is 2.89 bits per heavy atom. The van der Waals surface area contributed by atoms with Crippen molar-refractivity contribution in [2.75, 3.05) is 12.3 Å². The Kier molecular flexibility index (Phi) is 3.55. The van der Waals surface area contributed by atoms with Gasteiger partial charge in [-0.25, -0.2) is 4.79 Å². The number of anilines is 1. The number of nitrogens with one attached hydrogen (secondary N) is 1. The van der Waals surface area contributed by atoms with Gasteiger partial charge in [-0.05, 0) is 39.0 Å². The highest BCUT2D eigenvalue weighted by atomic mass is 16.6. The first kappa shape index (κ1) is 13.5. The van der Waals surface area contributed by atoms with E-state index in [1.165, 1.54) is 0 Å². The first-order valence-electron chi connectivity index (χ1n) is 6.37. The van der Waals surface area contributed by atoms with Crippen LogP contribution in [0.2, 0.25) is 0 Å². The van der Waals surface area contributed by atoms with Gasteiger partial charge in [-0.15, -0.1) is 0 Å². The van der Waals surface area contributed by atoms with Crippen molar-refractivity contribution in [3.05, 3.63) is 23.8 Å². The zero-order valence-electron chi connectivity index (χ0n) is 11.5. The molecule has 0 aromatic heterocycles. The monoisotopic (exact) mass is 264 g/mol. The molecule has 5 heteroatoms. The summed E-state index contributed by atoms with van der Waals surface area (Å²) >= 11 is 0. The Morgan fingerprint density at radius 2 is 2.21 bits per heavy atom. The molecule has 0 saturated carbocycles. The Hall–Kier alpha value is -1.91. The first-order valence-corrected chi connectivity index (χ1v) is 6.37. The lowest BCUT2D eigenvalue weighted by atomic mass is 10.00. The molecule has 0 bridgehead atoms. The molecule has 5 nitrogen and oxygen atoms in total. The number of hydrogen-bond donors (Lipinski definition) is 2. The van der Waals surface area contributed by atoms with Crippen LogP contribution in [0.3, 0.4) is 0 Å². The van der Waals surface area contributed by atoms with Crippen LogP contribution in [-0.2, 0) is 4.74 Å². The van der Waals surface area contributed by atoms with Crippen molar-refractivity contribution < 1.29 is 14.3 Å². The predicted molar refractivity (Wildman–Crippen MR) is 73.1 cm³/mol. The van der Waals surface area contributed by atoms with Crippen LogP contribution in [0.5, 0.6) is 5.75 Å². The standard InChI is InChI=1S/C14H20N2O3/c1-14(2,3)19-13(17)16-11-6-7-18-12-5-4-9(15)8-10(11)12/h4-5,8,11H,6-7,15H2,1-3H3,(H,16,17). The fraction of sp³-hybridized carbons (Fsp3) is 0.500. The summed E-state index contributed by atoms with van der Waals surface area (Å²) in [6.07, 6.45) is 0.281. The van der Waals surface area contributed by atoms with Crippen molar-refractivity contribution in [3.63, 3.8) is 0 Å². The van der Waals surface area contributed by atoms with Crippen molar-refractivity contribution in [1.82, 2.24) is 5.32 Å². The lowest BCUT2D eigenvalue weighted by Gasteiger charge is -2.28. The summed E-state index contributed by atoms with van der Waals surface area (Å²) in [6, 6.07) is 5.32. The molecule has 0 saturated heterocycles. The number of fused-ring (bicyclic) bond motifs is 1. The molecule has 1 aliphatic heterocycles. The summed E-state index contributed by atoms with van der Waals surface area (Å²) in [6.45, 7) is 6.07. The average Bonchev–Trinajstić information content (AvgIpc) is 2.27. The molecule has 3 N–H and O–H groups in total. The number of carbonyl (C=O) groups excluding carboxylic acids is 1. The van der Waals surface area contributed by atoms with Crippen LogP contribution < -0.4 is 15.8 Å². The maximum absolute atomic E-state index is 11.8. The van der Waals surface area contributed by atoms with Crippen molar-refractivity contribution in [1.29, 1.82) is 0 Å². The Balaban J connectivity index is 2.11. The van der Waals surface area contributed by atoms with Crippen LogP contribution in [0.15, 0.2) is 18.2 Å². The van der Waals surface area contributed by atoms with Crippen LogP contribution in [-0.4, -0.2) is 18.3 Å². The summed E-state index contributed by atoms with van der Waals surface area (Å²) in [5, 5.41) is 2.86. The minimum absolute atomic E-state index is 0.123. The van der Waals surface area contributed by atoms with E-state index in [0.29, 0.717) is 18.7 Å². The maximum Gasteiger partial charge on any atom is 0.408 e. The van der Waals surface area contributed by atoms with E-state index in [-0.39, 0.29) is 6.04 Å². The average molecular weight is 264 g/mol. The van der Waals surface area contributed by atoms with Crippen molar-refractivity contribution in [3.8, 4) is 5.75 Å². The third kappa shape index (κ3) is 3.53. The van der Waals surface area contributed by atoms with Crippen molar-refractivity contribution >= 4 is 11.8 Å². The van der Waals surface area contributed by atoms with E-state index in [1.807, 2.05) is 32.9 Å². The molecule has 0 aliphatic carbocycles. The molecule has 19 heavy (non-hydrogen) atoms. The SMILES string of the molecule is CC(C)(C)OC(=O)NC1CCOc2ccc(N)cc21. The molecular weight excluding hydrogens is 244 g/mol. The number of ether oxygens (including phenoxy) is 2. The molecule has 104 valence electrons. The van der Waals surface area contributed by atoms with Crippen LogP contribution in [0.25, 0.3) is 0 Å². The second kappa shape index (κ2) is 4.99. The third-order valence-electron chi connectivity index (χ3n) is 2.76. The van der Waals surface area contributed by atoms with Gasteiger partial charge in [-0.1, -0.05) is 0 Å². The van der Waals surface area contributed by atoms with Gasteiger partial charge in [0.1, 0.15) is 11.4 Å². The zero-order valence-corrected chi connectivity index (χ0v) is 11.5. The van der Waals surface area contributed by atoms with Crippen LogP contribution in [0.4, 0.5) is 10.5 Å². The molecule has 0 fully saturated rings. The number of alkyl carbamates (subject to hydrolysis) is 1. The number of nitrogens with two attached hydrogens (primary N) is 1. The molecule has 1 unspecified atom stereocenters. The summed E-state index contributed by atoms with van der Waals surface area (Å²) in [4.78, 5) is 11.8. The number of amides is 1. The summed E-state index contributed by atoms with van der Waals surface area (Å²) < 4.78 is 10.8. The van der Waals surface area contributed by atoms with Gasteiger partial charge in [0.15, 0.2) is 0 Å². The molecule has 1 amide bonds. The van der Waals surface area contributed by atoms with Gasteiger partial charge in [-0.2, -0.15) is 0 Å². The van der Waals surface area contributed by atoms with E-state index in [1.54, 1.807) is 6.07 Å². The van der Waals surface area contributed by atoms with Gasteiger partial charge in [0.05, 0.1) is 12.6 Å².